The molecule has 76 valence electrons. The van der Waals surface area contributed by atoms with Crippen LogP contribution in [0.5, 0.6) is 0 Å². The first-order chi connectivity index (χ1) is 6.61. The molecule has 1 aromatic carbocycles. The van der Waals surface area contributed by atoms with Gasteiger partial charge in [0.25, 0.3) is 0 Å². The molecule has 0 aliphatic heterocycles. The summed E-state index contributed by atoms with van der Waals surface area (Å²) in [6, 6.07) is 5.30. The Morgan fingerprint density at radius 3 is 2.86 bits per heavy atom. The van der Waals surface area contributed by atoms with E-state index in [1.54, 1.807) is 18.2 Å². The van der Waals surface area contributed by atoms with Gasteiger partial charge in [0, 0.05) is 6.04 Å². The first kappa shape index (κ1) is 9.94. The van der Waals surface area contributed by atoms with Crippen LogP contribution < -0.4 is 5.73 Å². The van der Waals surface area contributed by atoms with Gasteiger partial charge in [0.1, 0.15) is 5.82 Å². The van der Waals surface area contributed by atoms with Gasteiger partial charge in [0.2, 0.25) is 0 Å². The minimum Gasteiger partial charge on any atom is -0.328 e. The molecule has 0 amide bonds. The number of hydrogen-bond acceptors (Lipinski definition) is 1. The molecule has 0 saturated heterocycles. The van der Waals surface area contributed by atoms with Crippen molar-refractivity contribution in [1.29, 1.82) is 0 Å². The molecule has 1 saturated carbocycles. The summed E-state index contributed by atoms with van der Waals surface area (Å²) in [6.45, 7) is 1.97. The van der Waals surface area contributed by atoms with Gasteiger partial charge in [-0.25, -0.2) is 4.39 Å². The third-order valence-electron chi connectivity index (χ3n) is 2.90. The van der Waals surface area contributed by atoms with Crippen LogP contribution in [0.2, 0.25) is 5.02 Å². The highest BCUT2D eigenvalue weighted by Gasteiger charge is 2.42. The maximum Gasteiger partial charge on any atom is 0.145 e. The summed E-state index contributed by atoms with van der Waals surface area (Å²) >= 11 is 5.71. The second kappa shape index (κ2) is 3.52. The molecule has 0 radical (unpaired) electrons. The van der Waals surface area contributed by atoms with E-state index in [4.69, 9.17) is 17.3 Å². The van der Waals surface area contributed by atoms with Crippen LogP contribution in [-0.2, 0) is 0 Å². The third-order valence-corrected chi connectivity index (χ3v) is 3.19. The maximum absolute atomic E-state index is 13.6. The Hall–Kier alpha value is -0.600. The molecule has 2 rings (SSSR count). The monoisotopic (exact) mass is 213 g/mol. The first-order valence-electron chi connectivity index (χ1n) is 4.80. The molecule has 1 aliphatic rings. The smallest absolute Gasteiger partial charge is 0.145 e. The molecule has 1 nitrogen and oxygen atoms in total. The number of hydrogen-bond donors (Lipinski definition) is 1. The van der Waals surface area contributed by atoms with Crippen molar-refractivity contribution >= 4 is 11.6 Å². The second-order valence-corrected chi connectivity index (χ2v) is 4.42. The Morgan fingerprint density at radius 2 is 2.29 bits per heavy atom. The Labute approximate surface area is 88.1 Å². The van der Waals surface area contributed by atoms with Crippen LogP contribution in [0.25, 0.3) is 0 Å². The fraction of sp³-hybridized carbons (Fsp3) is 0.455. The normalized spacial score (nSPS) is 27.4. The lowest BCUT2D eigenvalue weighted by Gasteiger charge is -2.05. The Bertz CT molecular complexity index is 351. The predicted octanol–water partition coefficient (Wildman–Crippen LogP) is 2.93. The molecule has 1 fully saturated rings. The van der Waals surface area contributed by atoms with E-state index < -0.39 is 0 Å². The Morgan fingerprint density at radius 1 is 1.57 bits per heavy atom. The van der Waals surface area contributed by atoms with Crippen LogP contribution in [0, 0.1) is 11.7 Å². The summed E-state index contributed by atoms with van der Waals surface area (Å²) in [5.74, 6) is 0.416. The fourth-order valence-electron chi connectivity index (χ4n) is 1.96. The van der Waals surface area contributed by atoms with Crippen LogP contribution in [0.1, 0.15) is 24.8 Å². The van der Waals surface area contributed by atoms with Gasteiger partial charge >= 0.3 is 0 Å². The van der Waals surface area contributed by atoms with E-state index >= 15 is 0 Å². The molecule has 1 aromatic rings. The molecule has 3 heteroatoms. The highest BCUT2D eigenvalue weighted by molar-refractivity contribution is 6.30. The molecule has 0 spiro atoms. The fourth-order valence-corrected chi connectivity index (χ4v) is 2.14. The zero-order chi connectivity index (χ0) is 10.3. The van der Waals surface area contributed by atoms with Gasteiger partial charge in [-0.2, -0.15) is 0 Å². The maximum atomic E-state index is 13.6. The van der Waals surface area contributed by atoms with Crippen molar-refractivity contribution in [1.82, 2.24) is 0 Å². The van der Waals surface area contributed by atoms with E-state index in [1.165, 1.54) is 0 Å². The molecule has 2 N–H and O–H groups in total. The second-order valence-electron chi connectivity index (χ2n) is 4.01. The van der Waals surface area contributed by atoms with Crippen LogP contribution in [-0.4, -0.2) is 6.04 Å². The molecule has 0 heterocycles. The largest absolute Gasteiger partial charge is 0.328 e. The first-order valence-corrected chi connectivity index (χ1v) is 5.18. The lowest BCUT2D eigenvalue weighted by molar-refractivity contribution is 0.589. The van der Waals surface area contributed by atoms with Gasteiger partial charge in [0.15, 0.2) is 0 Å². The highest BCUT2D eigenvalue weighted by atomic mass is 35.5. The number of nitrogens with two attached hydrogens (primary N) is 1. The van der Waals surface area contributed by atoms with Crippen LogP contribution in [0.15, 0.2) is 18.2 Å². The average Bonchev–Trinajstić information content (AvgIpc) is 2.89. The van der Waals surface area contributed by atoms with Gasteiger partial charge in [0.05, 0.1) is 5.02 Å². The highest BCUT2D eigenvalue weighted by Crippen LogP contribution is 2.50. The van der Waals surface area contributed by atoms with Crippen molar-refractivity contribution in [2.24, 2.45) is 11.7 Å². The van der Waals surface area contributed by atoms with Gasteiger partial charge in [-0.1, -0.05) is 23.7 Å². The Balaban J connectivity index is 2.23. The van der Waals surface area contributed by atoms with Gasteiger partial charge in [-0.3, -0.25) is 0 Å². The predicted molar refractivity (Wildman–Crippen MR) is 55.9 cm³/mol. The summed E-state index contributed by atoms with van der Waals surface area (Å²) in [4.78, 5) is 0. The quantitative estimate of drug-likeness (QED) is 0.803. The van der Waals surface area contributed by atoms with Crippen molar-refractivity contribution in [3.8, 4) is 0 Å². The van der Waals surface area contributed by atoms with Crippen molar-refractivity contribution < 1.29 is 4.39 Å². The molecular formula is C11H13ClFN. The van der Waals surface area contributed by atoms with Crippen LogP contribution in [0.4, 0.5) is 4.39 Å². The third kappa shape index (κ3) is 1.64. The topological polar surface area (TPSA) is 26.0 Å². The molecular weight excluding hydrogens is 201 g/mol. The minimum absolute atomic E-state index is 0.137. The van der Waals surface area contributed by atoms with Crippen molar-refractivity contribution in [3.05, 3.63) is 34.6 Å². The zero-order valence-corrected chi connectivity index (χ0v) is 8.76. The van der Waals surface area contributed by atoms with Crippen LogP contribution >= 0.6 is 11.6 Å². The molecule has 1 aliphatic carbocycles. The SMILES string of the molecule is CC(N)C1CC1c1cccc(Cl)c1F. The van der Waals surface area contributed by atoms with Gasteiger partial charge < -0.3 is 5.73 Å². The summed E-state index contributed by atoms with van der Waals surface area (Å²) < 4.78 is 13.6. The van der Waals surface area contributed by atoms with E-state index in [0.29, 0.717) is 5.92 Å². The summed E-state index contributed by atoms with van der Waals surface area (Å²) in [6.07, 6.45) is 0.981. The van der Waals surface area contributed by atoms with Crippen molar-refractivity contribution in [2.75, 3.05) is 0 Å². The van der Waals surface area contributed by atoms with Gasteiger partial charge in [-0.05, 0) is 36.8 Å². The summed E-state index contributed by atoms with van der Waals surface area (Å²) in [7, 11) is 0. The van der Waals surface area contributed by atoms with E-state index in [9.17, 15) is 4.39 Å². The van der Waals surface area contributed by atoms with E-state index in [-0.39, 0.29) is 22.8 Å². The van der Waals surface area contributed by atoms with Crippen LogP contribution in [0.3, 0.4) is 0 Å². The molecule has 3 atom stereocenters. The lowest BCUT2D eigenvalue weighted by atomic mass is 10.1. The minimum atomic E-state index is -0.276. The number of halogens is 2. The van der Waals surface area contributed by atoms with Crippen molar-refractivity contribution in [3.63, 3.8) is 0 Å². The van der Waals surface area contributed by atoms with E-state index in [2.05, 4.69) is 0 Å². The van der Waals surface area contributed by atoms with Crippen molar-refractivity contribution in [2.45, 2.75) is 25.3 Å². The molecule has 14 heavy (non-hydrogen) atoms. The molecule has 0 aromatic heterocycles. The molecule has 0 bridgehead atoms. The summed E-state index contributed by atoms with van der Waals surface area (Å²) in [5, 5.41) is 0.206. The summed E-state index contributed by atoms with van der Waals surface area (Å²) in [5.41, 5.74) is 6.48. The standard InChI is InChI=1S/C11H13ClFN/c1-6(14)8-5-9(8)7-3-2-4-10(12)11(7)13/h2-4,6,8-9H,5,14H2,1H3. The van der Waals surface area contributed by atoms with E-state index in [0.717, 1.165) is 12.0 Å². The zero-order valence-electron chi connectivity index (χ0n) is 8.00. The lowest BCUT2D eigenvalue weighted by Crippen LogP contribution is -2.18. The molecule has 3 unspecified atom stereocenters. The number of rotatable bonds is 2. The average molecular weight is 214 g/mol. The van der Waals surface area contributed by atoms with Gasteiger partial charge in [-0.15, -0.1) is 0 Å². The number of benzene rings is 1. The Kier molecular flexibility index (Phi) is 2.50. The van der Waals surface area contributed by atoms with E-state index in [1.807, 2.05) is 6.92 Å².